The molecule has 21 heavy (non-hydrogen) atoms. The smallest absolute Gasteiger partial charge is 0.243 e. The summed E-state index contributed by atoms with van der Waals surface area (Å²) >= 11 is 3.42. The van der Waals surface area contributed by atoms with E-state index in [1.807, 2.05) is 53.4 Å². The second kappa shape index (κ2) is 6.18. The zero-order chi connectivity index (χ0) is 14.7. The molecule has 1 aliphatic rings. The fourth-order valence-electron chi connectivity index (χ4n) is 2.33. The molecule has 1 N–H and O–H groups in total. The van der Waals surface area contributed by atoms with Crippen LogP contribution in [0.5, 0.6) is 5.75 Å². The van der Waals surface area contributed by atoms with Crippen LogP contribution in [0.3, 0.4) is 0 Å². The molecule has 0 spiro atoms. The fourth-order valence-corrected chi connectivity index (χ4v) is 2.71. The van der Waals surface area contributed by atoms with E-state index in [-0.39, 0.29) is 5.91 Å². The number of nitrogens with zero attached hydrogens (tertiary/aromatic N) is 1. The van der Waals surface area contributed by atoms with Crippen LogP contribution in [-0.4, -0.2) is 25.6 Å². The van der Waals surface area contributed by atoms with E-state index >= 15 is 0 Å². The van der Waals surface area contributed by atoms with Gasteiger partial charge in [0.15, 0.2) is 0 Å². The van der Waals surface area contributed by atoms with Crippen LogP contribution in [-0.2, 0) is 4.79 Å². The maximum Gasteiger partial charge on any atom is 0.243 e. The van der Waals surface area contributed by atoms with E-state index in [2.05, 4.69) is 21.2 Å². The van der Waals surface area contributed by atoms with Gasteiger partial charge in [-0.05, 0) is 30.3 Å². The van der Waals surface area contributed by atoms with Crippen molar-refractivity contribution in [3.8, 4) is 5.75 Å². The number of ether oxygens (including phenoxy) is 1. The Morgan fingerprint density at radius 3 is 2.90 bits per heavy atom. The number of amides is 1. The summed E-state index contributed by atoms with van der Waals surface area (Å²) in [6, 6.07) is 15.5. The molecule has 2 aromatic rings. The van der Waals surface area contributed by atoms with Crippen LogP contribution >= 0.6 is 15.9 Å². The third-order valence-electron chi connectivity index (χ3n) is 3.28. The molecule has 0 bridgehead atoms. The van der Waals surface area contributed by atoms with Crippen molar-refractivity contribution in [3.63, 3.8) is 0 Å². The monoisotopic (exact) mass is 346 g/mol. The zero-order valence-corrected chi connectivity index (χ0v) is 13.0. The predicted octanol–water partition coefficient (Wildman–Crippen LogP) is 3.29. The molecule has 2 aromatic carbocycles. The number of para-hydroxylation sites is 2. The number of fused-ring (bicyclic) bond motifs is 1. The van der Waals surface area contributed by atoms with Crippen molar-refractivity contribution >= 4 is 33.2 Å². The predicted molar refractivity (Wildman–Crippen MR) is 86.9 cm³/mol. The van der Waals surface area contributed by atoms with Crippen LogP contribution < -0.4 is 15.0 Å². The first-order valence-corrected chi connectivity index (χ1v) is 7.54. The minimum atomic E-state index is 0.0103. The quantitative estimate of drug-likeness (QED) is 0.923. The lowest BCUT2D eigenvalue weighted by Gasteiger charge is -2.30. The van der Waals surface area contributed by atoms with Crippen molar-refractivity contribution in [3.05, 3.63) is 53.0 Å². The minimum absolute atomic E-state index is 0.0103. The normalized spacial score (nSPS) is 13.6. The summed E-state index contributed by atoms with van der Waals surface area (Å²) in [4.78, 5) is 13.7. The lowest BCUT2D eigenvalue weighted by atomic mass is 10.2. The maximum atomic E-state index is 11.7. The van der Waals surface area contributed by atoms with E-state index in [0.717, 1.165) is 21.6 Å². The van der Waals surface area contributed by atoms with E-state index in [4.69, 9.17) is 4.74 Å². The number of nitrogens with one attached hydrogen (secondary N) is 1. The molecular weight excluding hydrogens is 332 g/mol. The van der Waals surface area contributed by atoms with Crippen LogP contribution in [0.4, 0.5) is 11.4 Å². The number of hydrogen-bond donors (Lipinski definition) is 1. The van der Waals surface area contributed by atoms with Crippen molar-refractivity contribution in [1.82, 2.24) is 0 Å². The molecule has 0 saturated carbocycles. The number of carbonyl (C=O) groups excluding carboxylic acids is 1. The van der Waals surface area contributed by atoms with Gasteiger partial charge in [0, 0.05) is 4.47 Å². The molecular formula is C16H15BrN2O2. The highest BCUT2D eigenvalue weighted by molar-refractivity contribution is 9.10. The fraction of sp³-hybridized carbons (Fsp3) is 0.188. The summed E-state index contributed by atoms with van der Waals surface area (Å²) in [6.45, 7) is 1.55. The molecule has 0 fully saturated rings. The van der Waals surface area contributed by atoms with Crippen molar-refractivity contribution in [1.29, 1.82) is 0 Å². The van der Waals surface area contributed by atoms with E-state index in [9.17, 15) is 4.79 Å². The minimum Gasteiger partial charge on any atom is -0.492 e. The van der Waals surface area contributed by atoms with Gasteiger partial charge in [-0.1, -0.05) is 34.1 Å². The lowest BCUT2D eigenvalue weighted by Crippen LogP contribution is -2.40. The Labute approximate surface area is 131 Å². The van der Waals surface area contributed by atoms with Gasteiger partial charge in [-0.2, -0.15) is 0 Å². The van der Waals surface area contributed by atoms with Gasteiger partial charge in [0.2, 0.25) is 5.91 Å². The molecule has 1 heterocycles. The van der Waals surface area contributed by atoms with Crippen molar-refractivity contribution in [2.75, 3.05) is 29.9 Å². The van der Waals surface area contributed by atoms with Crippen LogP contribution in [0.25, 0.3) is 0 Å². The SMILES string of the molecule is O=C1CN(CCOc2cccc(Br)c2)c2ccccc2N1. The molecule has 0 aliphatic carbocycles. The molecule has 0 unspecified atom stereocenters. The van der Waals surface area contributed by atoms with Gasteiger partial charge in [0.1, 0.15) is 12.4 Å². The molecule has 4 nitrogen and oxygen atoms in total. The number of anilines is 2. The first-order valence-electron chi connectivity index (χ1n) is 6.74. The lowest BCUT2D eigenvalue weighted by molar-refractivity contribution is -0.115. The number of hydrogen-bond acceptors (Lipinski definition) is 3. The van der Waals surface area contributed by atoms with Crippen molar-refractivity contribution in [2.45, 2.75) is 0 Å². The molecule has 108 valence electrons. The molecule has 3 rings (SSSR count). The molecule has 5 heteroatoms. The van der Waals surface area contributed by atoms with Crippen LogP contribution in [0, 0.1) is 0 Å². The zero-order valence-electron chi connectivity index (χ0n) is 11.4. The van der Waals surface area contributed by atoms with Gasteiger partial charge in [-0.15, -0.1) is 0 Å². The Morgan fingerprint density at radius 2 is 2.05 bits per heavy atom. The molecule has 0 aromatic heterocycles. The average molecular weight is 347 g/mol. The Bertz CT molecular complexity index is 660. The third-order valence-corrected chi connectivity index (χ3v) is 3.77. The Morgan fingerprint density at radius 1 is 1.19 bits per heavy atom. The standard InChI is InChI=1S/C16H15BrN2O2/c17-12-4-3-5-13(10-12)21-9-8-19-11-16(20)18-14-6-1-2-7-15(14)19/h1-7,10H,8-9,11H2,(H,18,20). The van der Waals surface area contributed by atoms with Gasteiger partial charge in [0.25, 0.3) is 0 Å². The summed E-state index contributed by atoms with van der Waals surface area (Å²) in [5, 5.41) is 2.88. The van der Waals surface area contributed by atoms with E-state index in [1.165, 1.54) is 0 Å². The van der Waals surface area contributed by atoms with Crippen LogP contribution in [0.2, 0.25) is 0 Å². The van der Waals surface area contributed by atoms with Crippen molar-refractivity contribution < 1.29 is 9.53 Å². The van der Waals surface area contributed by atoms with Crippen LogP contribution in [0.1, 0.15) is 0 Å². The molecule has 1 aliphatic heterocycles. The van der Waals surface area contributed by atoms with Gasteiger partial charge in [0.05, 0.1) is 24.5 Å². The first-order chi connectivity index (χ1) is 10.2. The first kappa shape index (κ1) is 13.9. The average Bonchev–Trinajstić information content (AvgIpc) is 2.47. The summed E-state index contributed by atoms with van der Waals surface area (Å²) in [7, 11) is 0. The Balaban J connectivity index is 1.64. The van der Waals surface area contributed by atoms with Crippen molar-refractivity contribution in [2.24, 2.45) is 0 Å². The Hall–Kier alpha value is -2.01. The van der Waals surface area contributed by atoms with E-state index in [1.54, 1.807) is 0 Å². The second-order valence-corrected chi connectivity index (χ2v) is 5.71. The van der Waals surface area contributed by atoms with Crippen LogP contribution in [0.15, 0.2) is 53.0 Å². The van der Waals surface area contributed by atoms with E-state index < -0.39 is 0 Å². The second-order valence-electron chi connectivity index (χ2n) is 4.79. The van der Waals surface area contributed by atoms with Gasteiger partial charge in [-0.3, -0.25) is 4.79 Å². The maximum absolute atomic E-state index is 11.7. The van der Waals surface area contributed by atoms with Gasteiger partial charge >= 0.3 is 0 Å². The highest BCUT2D eigenvalue weighted by Gasteiger charge is 2.20. The molecule has 0 saturated heterocycles. The highest BCUT2D eigenvalue weighted by atomic mass is 79.9. The van der Waals surface area contributed by atoms with E-state index in [0.29, 0.717) is 19.7 Å². The van der Waals surface area contributed by atoms with Gasteiger partial charge < -0.3 is 15.0 Å². The summed E-state index contributed by atoms with van der Waals surface area (Å²) in [5.74, 6) is 0.829. The number of rotatable bonds is 4. The highest BCUT2D eigenvalue weighted by Crippen LogP contribution is 2.28. The summed E-state index contributed by atoms with van der Waals surface area (Å²) in [5.41, 5.74) is 1.89. The number of benzene rings is 2. The number of carbonyl (C=O) groups is 1. The third kappa shape index (κ3) is 3.36. The Kier molecular flexibility index (Phi) is 4.10. The molecule has 0 radical (unpaired) electrons. The van der Waals surface area contributed by atoms with Gasteiger partial charge in [-0.25, -0.2) is 0 Å². The topological polar surface area (TPSA) is 41.6 Å². The molecule has 1 amide bonds. The number of halogens is 1. The largest absolute Gasteiger partial charge is 0.492 e. The summed E-state index contributed by atoms with van der Waals surface area (Å²) < 4.78 is 6.73. The molecule has 0 atom stereocenters. The summed E-state index contributed by atoms with van der Waals surface area (Å²) in [6.07, 6.45) is 0.